The van der Waals surface area contributed by atoms with Crippen LogP contribution in [0.4, 0.5) is 0 Å². The molecule has 0 bridgehead atoms. The van der Waals surface area contributed by atoms with Crippen LogP contribution in [0.3, 0.4) is 0 Å². The third-order valence-corrected chi connectivity index (χ3v) is 4.48. The summed E-state index contributed by atoms with van der Waals surface area (Å²) in [6.45, 7) is 5.13. The maximum atomic E-state index is 9.16. The highest BCUT2D eigenvalue weighted by Gasteiger charge is 2.23. The Morgan fingerprint density at radius 1 is 1.24 bits per heavy atom. The summed E-state index contributed by atoms with van der Waals surface area (Å²) in [5.41, 5.74) is 2.87. The van der Waals surface area contributed by atoms with E-state index in [1.165, 1.54) is 24.0 Å². The van der Waals surface area contributed by atoms with Crippen LogP contribution in [0.2, 0.25) is 0 Å². The first-order valence-corrected chi connectivity index (χ1v) is 7.79. The molecule has 0 spiro atoms. The summed E-state index contributed by atoms with van der Waals surface area (Å²) in [6, 6.07) is 13.1. The molecule has 1 heterocycles. The summed E-state index contributed by atoms with van der Waals surface area (Å²) in [4.78, 5) is 2.39. The van der Waals surface area contributed by atoms with Crippen LogP contribution < -0.4 is 0 Å². The van der Waals surface area contributed by atoms with Crippen molar-refractivity contribution >= 4 is 0 Å². The third kappa shape index (κ3) is 4.31. The van der Waals surface area contributed by atoms with Gasteiger partial charge >= 0.3 is 0 Å². The van der Waals surface area contributed by atoms with E-state index in [9.17, 15) is 0 Å². The van der Waals surface area contributed by atoms with Crippen LogP contribution in [0, 0.1) is 35.5 Å². The van der Waals surface area contributed by atoms with Gasteiger partial charge in [0.1, 0.15) is 0 Å². The molecule has 1 aliphatic rings. The van der Waals surface area contributed by atoms with Crippen molar-refractivity contribution in [2.75, 3.05) is 19.6 Å². The van der Waals surface area contributed by atoms with Gasteiger partial charge in [0.2, 0.25) is 0 Å². The molecule has 0 aromatic heterocycles. The van der Waals surface area contributed by atoms with E-state index in [1.54, 1.807) is 0 Å². The molecule has 1 fully saturated rings. The van der Waals surface area contributed by atoms with E-state index in [2.05, 4.69) is 48.2 Å². The topological polar surface area (TPSA) is 50.8 Å². The average molecular weight is 281 g/mol. The second-order valence-corrected chi connectivity index (χ2v) is 5.95. The smallest absolute Gasteiger partial charge is 0.0669 e. The summed E-state index contributed by atoms with van der Waals surface area (Å²) in [5.74, 6) is 0.654. The molecule has 0 aliphatic carbocycles. The quantitative estimate of drug-likeness (QED) is 0.828. The van der Waals surface area contributed by atoms with Gasteiger partial charge in [-0.1, -0.05) is 24.3 Å². The molecule has 3 heteroatoms. The zero-order chi connectivity index (χ0) is 15.1. The summed E-state index contributed by atoms with van der Waals surface area (Å²) in [6.07, 6.45) is 3.52. The zero-order valence-corrected chi connectivity index (χ0v) is 12.8. The lowest BCUT2D eigenvalue weighted by atomic mass is 9.86. The van der Waals surface area contributed by atoms with E-state index in [0.29, 0.717) is 18.8 Å². The van der Waals surface area contributed by atoms with Crippen LogP contribution in [-0.2, 0) is 0 Å². The first kappa shape index (κ1) is 15.5. The normalized spacial score (nSPS) is 17.9. The maximum absolute atomic E-state index is 9.16. The molecular formula is C18H23N3. The average Bonchev–Trinajstić information content (AvgIpc) is 2.52. The molecule has 1 aromatic carbocycles. The molecule has 1 aromatic rings. The van der Waals surface area contributed by atoms with Crippen LogP contribution in [-0.4, -0.2) is 24.5 Å². The molecule has 110 valence electrons. The third-order valence-electron chi connectivity index (χ3n) is 4.48. The molecule has 21 heavy (non-hydrogen) atoms. The lowest BCUT2D eigenvalue weighted by Crippen LogP contribution is -2.36. The van der Waals surface area contributed by atoms with Gasteiger partial charge in [0, 0.05) is 13.0 Å². The largest absolute Gasteiger partial charge is 0.302 e. The van der Waals surface area contributed by atoms with Crippen LogP contribution >= 0.6 is 0 Å². The van der Waals surface area contributed by atoms with Crippen molar-refractivity contribution in [3.8, 4) is 12.1 Å². The minimum atomic E-state index is -0.000314. The molecule has 0 amide bonds. The number of hydrogen-bond donors (Lipinski definition) is 0. The highest BCUT2D eigenvalue weighted by molar-refractivity contribution is 5.29. The number of aryl methyl sites for hydroxylation is 1. The molecule has 0 unspecified atom stereocenters. The van der Waals surface area contributed by atoms with Crippen molar-refractivity contribution < 1.29 is 0 Å². The Kier molecular flexibility index (Phi) is 5.78. The number of likely N-dealkylation sites (tertiary alicyclic amines) is 1. The number of rotatable bonds is 5. The van der Waals surface area contributed by atoms with Crippen molar-refractivity contribution in [2.24, 2.45) is 5.92 Å². The number of hydrogen-bond acceptors (Lipinski definition) is 3. The van der Waals surface area contributed by atoms with Crippen LogP contribution in [0.5, 0.6) is 0 Å². The first-order valence-electron chi connectivity index (χ1n) is 7.79. The van der Waals surface area contributed by atoms with Crippen LogP contribution in [0.1, 0.15) is 42.7 Å². The second-order valence-electron chi connectivity index (χ2n) is 5.95. The number of nitriles is 2. The zero-order valence-electron chi connectivity index (χ0n) is 12.8. The van der Waals surface area contributed by atoms with Gasteiger partial charge in [-0.05, 0) is 56.3 Å². The Balaban J connectivity index is 1.85. The predicted octanol–water partition coefficient (Wildman–Crippen LogP) is 3.62. The molecular weight excluding hydrogens is 258 g/mol. The fourth-order valence-corrected chi connectivity index (χ4v) is 3.22. The van der Waals surface area contributed by atoms with Gasteiger partial charge in [0.15, 0.2) is 0 Å². The minimum Gasteiger partial charge on any atom is -0.302 e. The minimum absolute atomic E-state index is 0.000314. The Labute approximate surface area is 127 Å². The highest BCUT2D eigenvalue weighted by Crippen LogP contribution is 2.30. The van der Waals surface area contributed by atoms with E-state index in [1.807, 2.05) is 0 Å². The SMILES string of the molecule is Cc1ccccc1C1CCN(C[C@@H](C#N)CCC#N)CC1. The molecule has 3 nitrogen and oxygen atoms in total. The van der Waals surface area contributed by atoms with Crippen molar-refractivity contribution in [3.63, 3.8) is 0 Å². The number of nitrogens with zero attached hydrogens (tertiary/aromatic N) is 3. The molecule has 1 aliphatic heterocycles. The fourth-order valence-electron chi connectivity index (χ4n) is 3.22. The van der Waals surface area contributed by atoms with Gasteiger partial charge in [0.05, 0.1) is 18.1 Å². The predicted molar refractivity (Wildman–Crippen MR) is 83.5 cm³/mol. The van der Waals surface area contributed by atoms with E-state index >= 15 is 0 Å². The standard InChI is InChI=1S/C18H23N3/c1-15-5-2-3-7-18(15)17-8-11-21(12-9-17)14-16(13-20)6-4-10-19/h2-3,5,7,16-17H,4,6,8-9,11-12,14H2,1H3/t16-/m1/s1. The molecule has 2 rings (SSSR count). The summed E-state index contributed by atoms with van der Waals surface area (Å²) in [5, 5.41) is 17.8. The maximum Gasteiger partial charge on any atom is 0.0669 e. The second kappa shape index (κ2) is 7.81. The van der Waals surface area contributed by atoms with Crippen LogP contribution in [0.15, 0.2) is 24.3 Å². The van der Waals surface area contributed by atoms with Gasteiger partial charge < -0.3 is 4.90 Å². The molecule has 0 saturated carbocycles. The van der Waals surface area contributed by atoms with Crippen LogP contribution in [0.25, 0.3) is 0 Å². The van der Waals surface area contributed by atoms with Gasteiger partial charge in [-0.3, -0.25) is 0 Å². The van der Waals surface area contributed by atoms with Crippen molar-refractivity contribution in [3.05, 3.63) is 35.4 Å². The van der Waals surface area contributed by atoms with Gasteiger partial charge in [0.25, 0.3) is 0 Å². The van der Waals surface area contributed by atoms with Gasteiger partial charge in [-0.2, -0.15) is 10.5 Å². The molecule has 0 radical (unpaired) electrons. The summed E-state index contributed by atoms with van der Waals surface area (Å²) >= 11 is 0. The Morgan fingerprint density at radius 3 is 2.57 bits per heavy atom. The van der Waals surface area contributed by atoms with E-state index in [4.69, 9.17) is 10.5 Å². The first-order chi connectivity index (χ1) is 10.2. The van der Waals surface area contributed by atoms with E-state index < -0.39 is 0 Å². The highest BCUT2D eigenvalue weighted by atomic mass is 15.1. The molecule has 0 N–H and O–H groups in total. The Hall–Kier alpha value is -1.84. The lowest BCUT2D eigenvalue weighted by molar-refractivity contribution is 0.193. The van der Waals surface area contributed by atoms with Crippen molar-refractivity contribution in [2.45, 2.75) is 38.5 Å². The fraction of sp³-hybridized carbons (Fsp3) is 0.556. The number of piperidine rings is 1. The van der Waals surface area contributed by atoms with Gasteiger partial charge in [-0.15, -0.1) is 0 Å². The van der Waals surface area contributed by atoms with Crippen molar-refractivity contribution in [1.82, 2.24) is 4.90 Å². The van der Waals surface area contributed by atoms with E-state index in [0.717, 1.165) is 19.6 Å². The molecule has 1 atom stereocenters. The molecule has 1 saturated heterocycles. The monoisotopic (exact) mass is 281 g/mol. The Morgan fingerprint density at radius 2 is 1.95 bits per heavy atom. The number of benzene rings is 1. The van der Waals surface area contributed by atoms with Crippen molar-refractivity contribution in [1.29, 1.82) is 10.5 Å². The summed E-state index contributed by atoms with van der Waals surface area (Å²) in [7, 11) is 0. The van der Waals surface area contributed by atoms with Gasteiger partial charge in [-0.25, -0.2) is 0 Å². The Bertz CT molecular complexity index is 530. The summed E-state index contributed by atoms with van der Waals surface area (Å²) < 4.78 is 0. The van der Waals surface area contributed by atoms with E-state index in [-0.39, 0.29) is 5.92 Å². The lowest BCUT2D eigenvalue weighted by Gasteiger charge is -2.33.